The predicted molar refractivity (Wildman–Crippen MR) is 108 cm³/mol. The van der Waals surface area contributed by atoms with Crippen LogP contribution in [0.5, 0.6) is 0 Å². The molecule has 2 aliphatic rings. The Morgan fingerprint density at radius 2 is 1.93 bits per heavy atom. The van der Waals surface area contributed by atoms with Gasteiger partial charge in [-0.3, -0.25) is 4.90 Å². The van der Waals surface area contributed by atoms with Crippen molar-refractivity contribution in [1.82, 2.24) is 19.7 Å². The fraction of sp³-hybridized carbons (Fsp3) is 0.409. The van der Waals surface area contributed by atoms with E-state index in [1.807, 2.05) is 0 Å². The fourth-order valence-electron chi connectivity index (χ4n) is 4.18. The molecule has 3 aromatic rings. The molecule has 7 nitrogen and oxygen atoms in total. The van der Waals surface area contributed by atoms with Gasteiger partial charge in [-0.1, -0.05) is 6.42 Å². The molecule has 2 aromatic heterocycles. The van der Waals surface area contributed by atoms with Crippen LogP contribution >= 0.6 is 0 Å². The lowest BCUT2D eigenvalue weighted by Gasteiger charge is -2.28. The Balaban J connectivity index is 1.70. The Labute approximate surface area is 173 Å². The van der Waals surface area contributed by atoms with E-state index in [2.05, 4.69) is 9.88 Å². The lowest BCUT2D eigenvalue weighted by atomic mass is 9.81. The molecule has 1 aliphatic carbocycles. The van der Waals surface area contributed by atoms with Gasteiger partial charge in [-0.15, -0.1) is 0 Å². The Morgan fingerprint density at radius 3 is 2.57 bits per heavy atom. The lowest BCUT2D eigenvalue weighted by Crippen LogP contribution is -2.35. The van der Waals surface area contributed by atoms with E-state index in [-0.39, 0.29) is 11.5 Å². The van der Waals surface area contributed by atoms with E-state index in [4.69, 9.17) is 9.84 Å². The van der Waals surface area contributed by atoms with Crippen LogP contribution in [0.15, 0.2) is 30.3 Å². The summed E-state index contributed by atoms with van der Waals surface area (Å²) < 4.78 is 20.6. The Kier molecular flexibility index (Phi) is 4.96. The molecular formula is C22H23FN4O3. The maximum Gasteiger partial charge on any atom is 0.354 e. The Morgan fingerprint density at radius 1 is 1.20 bits per heavy atom. The topological polar surface area (TPSA) is 80.5 Å². The number of nitrogens with zero attached hydrogens (tertiary/aromatic N) is 4. The number of carboxylic acids is 1. The zero-order valence-corrected chi connectivity index (χ0v) is 16.6. The summed E-state index contributed by atoms with van der Waals surface area (Å²) in [6, 6.07) is 7.72. The summed E-state index contributed by atoms with van der Waals surface area (Å²) >= 11 is 0. The van der Waals surface area contributed by atoms with Gasteiger partial charge in [0.25, 0.3) is 0 Å². The average Bonchev–Trinajstić information content (AvgIpc) is 3.07. The summed E-state index contributed by atoms with van der Waals surface area (Å²) in [6.45, 7) is 3.57. The molecule has 0 atom stereocenters. The van der Waals surface area contributed by atoms with Crippen molar-refractivity contribution in [2.24, 2.45) is 0 Å². The van der Waals surface area contributed by atoms with Crippen LogP contribution < -0.4 is 0 Å². The largest absolute Gasteiger partial charge is 0.477 e. The van der Waals surface area contributed by atoms with E-state index in [9.17, 15) is 14.3 Å². The number of rotatable bonds is 5. The zero-order chi connectivity index (χ0) is 20.7. The number of ether oxygens (including phenoxy) is 1. The highest BCUT2D eigenvalue weighted by molar-refractivity contribution is 5.92. The molecule has 8 heteroatoms. The number of halogens is 1. The van der Waals surface area contributed by atoms with Gasteiger partial charge in [0.2, 0.25) is 0 Å². The van der Waals surface area contributed by atoms with Crippen molar-refractivity contribution in [3.05, 3.63) is 53.1 Å². The standard InChI is InChI=1S/C22H23FN4O3/c23-16-4-6-17(7-5-16)27-21-19(20(25-27)14-2-1-3-14)15(12-18(24-21)22(28)29)13-26-8-10-30-11-9-26/h4-7,12,14H,1-3,8-11,13H2,(H,28,29). The van der Waals surface area contributed by atoms with Crippen molar-refractivity contribution >= 4 is 17.0 Å². The van der Waals surface area contributed by atoms with Gasteiger partial charge in [0.05, 0.1) is 24.6 Å². The molecule has 0 unspecified atom stereocenters. The van der Waals surface area contributed by atoms with Crippen LogP contribution in [0.4, 0.5) is 4.39 Å². The molecule has 3 heterocycles. The molecule has 0 spiro atoms. The van der Waals surface area contributed by atoms with E-state index in [0.29, 0.717) is 37.0 Å². The predicted octanol–water partition coefficient (Wildman–Crippen LogP) is 3.36. The summed E-state index contributed by atoms with van der Waals surface area (Å²) in [6.07, 6.45) is 3.29. The van der Waals surface area contributed by atoms with E-state index in [1.54, 1.807) is 22.9 Å². The first-order chi connectivity index (χ1) is 14.6. The second kappa shape index (κ2) is 7.77. The van der Waals surface area contributed by atoms with Gasteiger partial charge in [0.1, 0.15) is 5.82 Å². The summed E-state index contributed by atoms with van der Waals surface area (Å²) in [4.78, 5) is 18.5. The molecule has 1 saturated carbocycles. The van der Waals surface area contributed by atoms with E-state index in [0.717, 1.165) is 49.0 Å². The average molecular weight is 410 g/mol. The monoisotopic (exact) mass is 410 g/mol. The van der Waals surface area contributed by atoms with Gasteiger partial charge in [-0.05, 0) is 48.7 Å². The molecule has 0 amide bonds. The highest BCUT2D eigenvalue weighted by Gasteiger charge is 2.29. The fourth-order valence-corrected chi connectivity index (χ4v) is 4.18. The minimum absolute atomic E-state index is 0.00539. The molecule has 2 fully saturated rings. The second-order valence-electron chi connectivity index (χ2n) is 7.96. The molecule has 156 valence electrons. The number of benzene rings is 1. The van der Waals surface area contributed by atoms with Crippen LogP contribution in [0.1, 0.15) is 46.9 Å². The van der Waals surface area contributed by atoms with Crippen LogP contribution in [0.3, 0.4) is 0 Å². The minimum atomic E-state index is -1.07. The maximum absolute atomic E-state index is 13.5. The number of fused-ring (bicyclic) bond motifs is 1. The number of carbonyl (C=O) groups is 1. The first-order valence-corrected chi connectivity index (χ1v) is 10.3. The molecule has 1 aromatic carbocycles. The number of carboxylic acid groups (broad SMARTS) is 1. The highest BCUT2D eigenvalue weighted by Crippen LogP contribution is 2.40. The number of pyridine rings is 1. The second-order valence-corrected chi connectivity index (χ2v) is 7.96. The molecule has 0 bridgehead atoms. The minimum Gasteiger partial charge on any atom is -0.477 e. The van der Waals surface area contributed by atoms with Gasteiger partial charge >= 0.3 is 5.97 Å². The van der Waals surface area contributed by atoms with Crippen molar-refractivity contribution in [1.29, 1.82) is 0 Å². The van der Waals surface area contributed by atoms with Crippen LogP contribution in [0, 0.1) is 5.82 Å². The number of aromatic carboxylic acids is 1. The summed E-state index contributed by atoms with van der Waals surface area (Å²) in [5, 5.41) is 15.5. The molecule has 1 aliphatic heterocycles. The number of aromatic nitrogens is 3. The summed E-state index contributed by atoms with van der Waals surface area (Å²) in [7, 11) is 0. The third-order valence-corrected chi connectivity index (χ3v) is 6.03. The number of hydrogen-bond donors (Lipinski definition) is 1. The molecule has 0 radical (unpaired) electrons. The van der Waals surface area contributed by atoms with Crippen molar-refractivity contribution in [3.8, 4) is 5.69 Å². The first kappa shape index (κ1) is 19.1. The zero-order valence-electron chi connectivity index (χ0n) is 16.6. The van der Waals surface area contributed by atoms with Crippen molar-refractivity contribution < 1.29 is 19.0 Å². The van der Waals surface area contributed by atoms with Gasteiger partial charge in [0, 0.05) is 30.9 Å². The molecular weight excluding hydrogens is 387 g/mol. The Bertz CT molecular complexity index is 1090. The molecule has 1 saturated heterocycles. The quantitative estimate of drug-likeness (QED) is 0.695. The lowest BCUT2D eigenvalue weighted by molar-refractivity contribution is 0.0343. The van der Waals surface area contributed by atoms with E-state index < -0.39 is 5.97 Å². The number of hydrogen-bond acceptors (Lipinski definition) is 5. The van der Waals surface area contributed by atoms with Gasteiger partial charge in [0.15, 0.2) is 11.3 Å². The van der Waals surface area contributed by atoms with E-state index >= 15 is 0 Å². The van der Waals surface area contributed by atoms with Crippen LogP contribution in [0.2, 0.25) is 0 Å². The Hall–Kier alpha value is -2.84. The van der Waals surface area contributed by atoms with Crippen molar-refractivity contribution in [3.63, 3.8) is 0 Å². The normalized spacial score (nSPS) is 17.9. The number of morpholine rings is 1. The van der Waals surface area contributed by atoms with Crippen molar-refractivity contribution in [2.75, 3.05) is 26.3 Å². The maximum atomic E-state index is 13.5. The first-order valence-electron chi connectivity index (χ1n) is 10.3. The molecule has 5 rings (SSSR count). The highest BCUT2D eigenvalue weighted by atomic mass is 19.1. The van der Waals surface area contributed by atoms with Crippen LogP contribution in [0.25, 0.3) is 16.7 Å². The smallest absolute Gasteiger partial charge is 0.354 e. The third-order valence-electron chi connectivity index (χ3n) is 6.03. The van der Waals surface area contributed by atoms with Gasteiger partial charge in [-0.25, -0.2) is 18.9 Å². The van der Waals surface area contributed by atoms with E-state index in [1.165, 1.54) is 12.1 Å². The molecule has 30 heavy (non-hydrogen) atoms. The van der Waals surface area contributed by atoms with Gasteiger partial charge in [-0.2, -0.15) is 5.10 Å². The van der Waals surface area contributed by atoms with Crippen LogP contribution in [-0.2, 0) is 11.3 Å². The van der Waals surface area contributed by atoms with Gasteiger partial charge < -0.3 is 9.84 Å². The third kappa shape index (κ3) is 3.46. The summed E-state index contributed by atoms with van der Waals surface area (Å²) in [5.41, 5.74) is 3.07. The summed E-state index contributed by atoms with van der Waals surface area (Å²) in [5.74, 6) is -1.06. The molecule has 1 N–H and O–H groups in total. The van der Waals surface area contributed by atoms with Crippen LogP contribution in [-0.4, -0.2) is 57.0 Å². The SMILES string of the molecule is O=C(O)c1cc(CN2CCOCC2)c2c(C3CCC3)nn(-c3ccc(F)cc3)c2n1. The van der Waals surface area contributed by atoms with Crippen molar-refractivity contribution in [2.45, 2.75) is 31.7 Å².